The molecule has 0 amide bonds. The lowest BCUT2D eigenvalue weighted by Gasteiger charge is -2.25. The first kappa shape index (κ1) is 88.8. The van der Waals surface area contributed by atoms with Crippen LogP contribution < -0.4 is 0 Å². The zero-order valence-electron chi connectivity index (χ0n) is 61.8. The summed E-state index contributed by atoms with van der Waals surface area (Å²) in [7, 11) is 6.00. The minimum Gasteiger partial charge on any atom is -0.477 e. The lowest BCUT2D eigenvalue weighted by Crippen LogP contribution is -2.40. The van der Waals surface area contributed by atoms with Crippen LogP contribution in [0.25, 0.3) is 0 Å². The average molecular weight is 1290 g/mol. The molecule has 2 unspecified atom stereocenters. The second kappa shape index (κ2) is 73.6. The highest BCUT2D eigenvalue weighted by Gasteiger charge is 2.25. The zero-order chi connectivity index (χ0) is 66.1. The van der Waals surface area contributed by atoms with Crippen LogP contribution in [0.5, 0.6) is 0 Å². The number of unbranched alkanes of at least 4 members (excludes halogenated alkanes) is 58. The smallest absolute Gasteiger partial charge is 0.361 e. The normalized spacial score (nSPS) is 12.7. The van der Waals surface area contributed by atoms with E-state index in [0.29, 0.717) is 17.4 Å². The quantitative estimate of drug-likeness (QED) is 0.0211. The summed E-state index contributed by atoms with van der Waals surface area (Å²) in [6.45, 7) is 4.95. The molecule has 538 valence electrons. The van der Waals surface area contributed by atoms with Crippen LogP contribution in [0.3, 0.4) is 0 Å². The van der Waals surface area contributed by atoms with Crippen LogP contribution in [0.15, 0.2) is 24.3 Å². The van der Waals surface area contributed by atoms with Crippen molar-refractivity contribution < 1.29 is 42.9 Å². The Bertz CT molecular complexity index is 1540. The number of aliphatic carboxylic acids is 1. The summed E-state index contributed by atoms with van der Waals surface area (Å²) in [6, 6.07) is 0. The van der Waals surface area contributed by atoms with Crippen LogP contribution in [-0.2, 0) is 33.3 Å². The molecular formula is C82H158NO8+. The second-order valence-electron chi connectivity index (χ2n) is 29.1. The van der Waals surface area contributed by atoms with E-state index in [1.54, 1.807) is 0 Å². The molecule has 0 aliphatic rings. The summed E-state index contributed by atoms with van der Waals surface area (Å²) in [4.78, 5) is 37.7. The minimum absolute atomic E-state index is 0.176. The summed E-state index contributed by atoms with van der Waals surface area (Å²) in [5.74, 6) is -1.97. The number of esters is 2. The lowest BCUT2D eigenvalue weighted by atomic mass is 10.0. The Kier molecular flexibility index (Phi) is 71.8. The summed E-state index contributed by atoms with van der Waals surface area (Å²) < 4.78 is 23.0. The molecule has 0 radical (unpaired) electrons. The van der Waals surface area contributed by atoms with Crippen LogP contribution in [0.2, 0.25) is 0 Å². The number of carbonyl (C=O) groups excluding carboxylic acids is 2. The summed E-state index contributed by atoms with van der Waals surface area (Å²) >= 11 is 0. The third-order valence-electron chi connectivity index (χ3n) is 18.7. The third-order valence-corrected chi connectivity index (χ3v) is 18.7. The number of quaternary nitrogens is 1. The van der Waals surface area contributed by atoms with E-state index in [1.807, 2.05) is 21.1 Å². The Morgan fingerprint density at radius 2 is 0.593 bits per heavy atom. The largest absolute Gasteiger partial charge is 0.477 e. The van der Waals surface area contributed by atoms with Crippen molar-refractivity contribution in [3.63, 3.8) is 0 Å². The third kappa shape index (κ3) is 75.0. The molecule has 0 aromatic heterocycles. The molecule has 9 nitrogen and oxygen atoms in total. The fourth-order valence-electron chi connectivity index (χ4n) is 12.5. The van der Waals surface area contributed by atoms with Gasteiger partial charge >= 0.3 is 17.9 Å². The van der Waals surface area contributed by atoms with Crippen molar-refractivity contribution in [2.45, 2.75) is 437 Å². The fraction of sp³-hybridized carbons (Fsp3) is 0.915. The predicted molar refractivity (Wildman–Crippen MR) is 392 cm³/mol. The molecule has 0 spiro atoms. The Labute approximate surface area is 567 Å². The van der Waals surface area contributed by atoms with Crippen LogP contribution >= 0.6 is 0 Å². The molecule has 0 rings (SSSR count). The molecule has 0 saturated heterocycles. The SMILES string of the molecule is CCCCCCC/C=C\C/C=C\CCCCCCCCCCCCCCCC(=O)OC(COC(=O)CCCCCCCCCCCCCCCCCCCCCCCCCCCCCCCCCCCCCCCCCCC)COC(OCC[N+](C)(C)C)C(=O)O. The molecule has 0 saturated carbocycles. The van der Waals surface area contributed by atoms with Gasteiger partial charge in [0.05, 0.1) is 34.4 Å². The molecule has 0 aliphatic heterocycles. The number of rotatable bonds is 77. The van der Waals surface area contributed by atoms with E-state index < -0.39 is 18.4 Å². The van der Waals surface area contributed by atoms with Gasteiger partial charge in [-0.25, -0.2) is 4.79 Å². The number of carbonyl (C=O) groups is 3. The van der Waals surface area contributed by atoms with Gasteiger partial charge in [-0.1, -0.05) is 391 Å². The summed E-state index contributed by atoms with van der Waals surface area (Å²) in [5.41, 5.74) is 0. The lowest BCUT2D eigenvalue weighted by molar-refractivity contribution is -0.870. The van der Waals surface area contributed by atoms with Crippen molar-refractivity contribution >= 4 is 17.9 Å². The first-order valence-electron chi connectivity index (χ1n) is 40.5. The maximum atomic E-state index is 13.0. The van der Waals surface area contributed by atoms with Crippen molar-refractivity contribution in [2.24, 2.45) is 0 Å². The van der Waals surface area contributed by atoms with Gasteiger partial charge in [-0.15, -0.1) is 0 Å². The number of likely N-dealkylation sites (N-methyl/N-ethyl adjacent to an activating group) is 1. The number of hydrogen-bond acceptors (Lipinski definition) is 7. The zero-order valence-corrected chi connectivity index (χ0v) is 61.8. The number of hydrogen-bond donors (Lipinski definition) is 1. The Morgan fingerprint density at radius 3 is 0.868 bits per heavy atom. The van der Waals surface area contributed by atoms with Gasteiger partial charge in [-0.05, 0) is 44.9 Å². The van der Waals surface area contributed by atoms with Gasteiger partial charge in [0.2, 0.25) is 0 Å². The number of allylic oxidation sites excluding steroid dienone is 4. The average Bonchev–Trinajstić information content (AvgIpc) is 3.46. The van der Waals surface area contributed by atoms with Gasteiger partial charge in [0.1, 0.15) is 13.2 Å². The molecule has 9 heteroatoms. The monoisotopic (exact) mass is 1290 g/mol. The van der Waals surface area contributed by atoms with Crippen molar-refractivity contribution in [2.75, 3.05) is 47.5 Å². The number of carboxylic acids is 1. The van der Waals surface area contributed by atoms with E-state index >= 15 is 0 Å². The van der Waals surface area contributed by atoms with Gasteiger partial charge in [0.15, 0.2) is 6.10 Å². The maximum absolute atomic E-state index is 13.0. The second-order valence-corrected chi connectivity index (χ2v) is 29.1. The van der Waals surface area contributed by atoms with Gasteiger partial charge in [-0.2, -0.15) is 0 Å². The number of ether oxygens (including phenoxy) is 4. The molecule has 0 bridgehead atoms. The van der Waals surface area contributed by atoms with Gasteiger partial charge in [-0.3, -0.25) is 9.59 Å². The van der Waals surface area contributed by atoms with Gasteiger partial charge in [0, 0.05) is 12.8 Å². The summed E-state index contributed by atoms with van der Waals surface area (Å²) in [5, 5.41) is 9.76. The maximum Gasteiger partial charge on any atom is 0.361 e. The summed E-state index contributed by atoms with van der Waals surface area (Å²) in [6.07, 6.45) is 90.7. The van der Waals surface area contributed by atoms with Crippen molar-refractivity contribution in [1.29, 1.82) is 0 Å². The molecule has 0 heterocycles. The van der Waals surface area contributed by atoms with Crippen LogP contribution in [-0.4, -0.2) is 87.4 Å². The fourth-order valence-corrected chi connectivity index (χ4v) is 12.5. The first-order valence-corrected chi connectivity index (χ1v) is 40.5. The van der Waals surface area contributed by atoms with Gasteiger partial charge < -0.3 is 28.5 Å². The Balaban J connectivity index is 3.90. The standard InChI is InChI=1S/C82H157NO8/c1-6-8-10-12-14-16-18-20-22-24-26-28-30-32-33-34-35-36-37-38-39-40-41-42-43-44-45-46-47-49-50-52-54-56-58-60-62-64-66-68-70-72-79(84)89-76-78(77-90-82(81(86)87)88-75-74-83(3,4)5)91-80(85)73-71-69-67-65-63-61-59-57-55-53-51-48-31-29-27-25-23-21-19-17-15-13-11-9-7-2/h19,21,25,27,78,82H,6-18,20,22-24,26,28-77H2,1-5H3/p+1/b21-19-,27-25-. The highest BCUT2D eigenvalue weighted by molar-refractivity contribution is 5.71. The van der Waals surface area contributed by atoms with Gasteiger partial charge in [0.25, 0.3) is 6.29 Å². The molecule has 0 aromatic carbocycles. The van der Waals surface area contributed by atoms with Crippen LogP contribution in [0.1, 0.15) is 425 Å². The topological polar surface area (TPSA) is 108 Å². The van der Waals surface area contributed by atoms with Crippen molar-refractivity contribution in [3.8, 4) is 0 Å². The van der Waals surface area contributed by atoms with E-state index in [-0.39, 0.29) is 38.2 Å². The number of nitrogens with zero attached hydrogens (tertiary/aromatic N) is 1. The van der Waals surface area contributed by atoms with E-state index in [0.717, 1.165) is 44.9 Å². The molecule has 2 atom stereocenters. The van der Waals surface area contributed by atoms with Crippen molar-refractivity contribution in [3.05, 3.63) is 24.3 Å². The Hall–Kier alpha value is -2.23. The Morgan fingerprint density at radius 1 is 0.330 bits per heavy atom. The van der Waals surface area contributed by atoms with E-state index in [2.05, 4.69) is 38.2 Å². The predicted octanol–water partition coefficient (Wildman–Crippen LogP) is 25.7. The molecule has 1 N–H and O–H groups in total. The highest BCUT2D eigenvalue weighted by Crippen LogP contribution is 2.20. The van der Waals surface area contributed by atoms with E-state index in [9.17, 15) is 19.5 Å². The van der Waals surface area contributed by atoms with Crippen molar-refractivity contribution in [1.82, 2.24) is 0 Å². The van der Waals surface area contributed by atoms with Crippen LogP contribution in [0, 0.1) is 0 Å². The molecule has 0 aliphatic carbocycles. The first-order chi connectivity index (χ1) is 44.6. The van der Waals surface area contributed by atoms with E-state index in [4.69, 9.17) is 18.9 Å². The van der Waals surface area contributed by atoms with Crippen LogP contribution in [0.4, 0.5) is 0 Å². The minimum atomic E-state index is -1.51. The van der Waals surface area contributed by atoms with E-state index in [1.165, 1.54) is 353 Å². The molecule has 91 heavy (non-hydrogen) atoms. The molecule has 0 aromatic rings. The highest BCUT2D eigenvalue weighted by atomic mass is 16.7. The molecule has 0 fully saturated rings. The number of carboxylic acid groups (broad SMARTS) is 1. The molecular weight excluding hydrogens is 1130 g/mol.